The minimum atomic E-state index is -0.829. The Balaban J connectivity index is 1.82. The molecule has 38 heavy (non-hydrogen) atoms. The largest absolute Gasteiger partial charge is 0.370 e. The van der Waals surface area contributed by atoms with Gasteiger partial charge < -0.3 is 22.5 Å². The number of nitrogens with two attached hydrogens (primary N) is 3. The third-order valence-electron chi connectivity index (χ3n) is 6.35. The molecule has 0 aliphatic carbocycles. The van der Waals surface area contributed by atoms with Gasteiger partial charge in [0.05, 0.1) is 12.0 Å². The number of carbonyl (C=O) groups is 3. The monoisotopic (exact) mass is 513 g/mol. The molecule has 0 fully saturated rings. The normalized spacial score (nSPS) is 12.3. The van der Waals surface area contributed by atoms with Gasteiger partial charge in [-0.25, -0.2) is 0 Å². The fourth-order valence-corrected chi connectivity index (χ4v) is 4.42. The lowest BCUT2D eigenvalue weighted by atomic mass is 9.88. The summed E-state index contributed by atoms with van der Waals surface area (Å²) in [5, 5.41) is 2.96. The molecule has 198 valence electrons. The molecule has 0 aromatic heterocycles. The van der Waals surface area contributed by atoms with Crippen LogP contribution < -0.4 is 22.5 Å². The van der Waals surface area contributed by atoms with Crippen LogP contribution in [0.5, 0.6) is 0 Å². The summed E-state index contributed by atoms with van der Waals surface area (Å²) in [5.41, 5.74) is 19.0. The zero-order valence-corrected chi connectivity index (χ0v) is 21.3. The van der Waals surface area contributed by atoms with Crippen molar-refractivity contribution in [2.45, 2.75) is 37.6 Å². The number of rotatable bonds is 14. The number of ketones is 1. The Hall–Kier alpha value is -4.46. The number of hydrogen-bond donors (Lipinski definition) is 4. The van der Waals surface area contributed by atoms with Gasteiger partial charge in [-0.1, -0.05) is 91.0 Å². The number of carbonyl (C=O) groups excluding carboxylic acids is 3. The van der Waals surface area contributed by atoms with Crippen LogP contribution in [0, 0.1) is 5.92 Å². The number of guanidine groups is 1. The maximum Gasteiger partial charge on any atom is 0.232 e. The van der Waals surface area contributed by atoms with E-state index in [0.29, 0.717) is 25.8 Å². The van der Waals surface area contributed by atoms with Crippen LogP contribution in [0.15, 0.2) is 96.0 Å². The fourth-order valence-electron chi connectivity index (χ4n) is 4.42. The second kappa shape index (κ2) is 14.3. The van der Waals surface area contributed by atoms with Crippen molar-refractivity contribution < 1.29 is 14.4 Å². The van der Waals surface area contributed by atoms with E-state index in [1.165, 1.54) is 0 Å². The lowest BCUT2D eigenvalue weighted by molar-refractivity contribution is -0.131. The fraction of sp³-hybridized carbons (Fsp3) is 0.267. The molecular formula is C30H35N5O3. The van der Waals surface area contributed by atoms with E-state index in [9.17, 15) is 14.4 Å². The molecular weight excluding hydrogens is 478 g/mol. The number of hydrogen-bond acceptors (Lipinski definition) is 4. The van der Waals surface area contributed by atoms with Crippen LogP contribution in [0.25, 0.3) is 0 Å². The van der Waals surface area contributed by atoms with E-state index in [1.54, 1.807) is 0 Å². The van der Waals surface area contributed by atoms with E-state index in [-0.39, 0.29) is 24.1 Å². The Labute approximate surface area is 223 Å². The molecule has 0 bridgehead atoms. The van der Waals surface area contributed by atoms with Crippen molar-refractivity contribution in [3.63, 3.8) is 0 Å². The first kappa shape index (κ1) is 28.1. The Morgan fingerprint density at radius 3 is 1.79 bits per heavy atom. The maximum absolute atomic E-state index is 13.7. The first-order valence-corrected chi connectivity index (χ1v) is 12.7. The van der Waals surface area contributed by atoms with Crippen LogP contribution in [0.2, 0.25) is 0 Å². The Bertz CT molecular complexity index is 1170. The molecule has 0 saturated carbocycles. The molecule has 0 heterocycles. The van der Waals surface area contributed by atoms with Gasteiger partial charge >= 0.3 is 0 Å². The summed E-state index contributed by atoms with van der Waals surface area (Å²) in [4.78, 5) is 43.4. The van der Waals surface area contributed by atoms with E-state index >= 15 is 0 Å². The predicted molar refractivity (Wildman–Crippen MR) is 149 cm³/mol. The van der Waals surface area contributed by atoms with Crippen molar-refractivity contribution in [1.82, 2.24) is 5.32 Å². The average molecular weight is 514 g/mol. The van der Waals surface area contributed by atoms with Gasteiger partial charge in [-0.15, -0.1) is 0 Å². The summed E-state index contributed by atoms with van der Waals surface area (Å²) in [6.07, 6.45) is 1.04. The molecule has 0 spiro atoms. The predicted octanol–water partition coefficient (Wildman–Crippen LogP) is 2.66. The van der Waals surface area contributed by atoms with Gasteiger partial charge in [0.1, 0.15) is 0 Å². The van der Waals surface area contributed by atoms with Crippen LogP contribution in [0.4, 0.5) is 0 Å². The van der Waals surface area contributed by atoms with Crippen molar-refractivity contribution in [1.29, 1.82) is 0 Å². The molecule has 8 nitrogen and oxygen atoms in total. The molecule has 8 heteroatoms. The highest BCUT2D eigenvalue weighted by atomic mass is 16.2. The first-order chi connectivity index (χ1) is 18.3. The van der Waals surface area contributed by atoms with Crippen molar-refractivity contribution in [2.24, 2.45) is 28.1 Å². The van der Waals surface area contributed by atoms with Gasteiger partial charge in [-0.2, -0.15) is 0 Å². The maximum atomic E-state index is 13.7. The van der Waals surface area contributed by atoms with Crippen molar-refractivity contribution in [3.8, 4) is 0 Å². The zero-order chi connectivity index (χ0) is 27.3. The minimum Gasteiger partial charge on any atom is -0.370 e. The van der Waals surface area contributed by atoms with Gasteiger partial charge in [0.25, 0.3) is 0 Å². The van der Waals surface area contributed by atoms with Crippen molar-refractivity contribution >= 4 is 23.6 Å². The van der Waals surface area contributed by atoms with E-state index in [4.69, 9.17) is 17.2 Å². The van der Waals surface area contributed by atoms with Crippen LogP contribution in [-0.2, 0) is 20.8 Å². The lowest BCUT2D eigenvalue weighted by Gasteiger charge is -2.24. The van der Waals surface area contributed by atoms with E-state index in [1.807, 2.05) is 91.0 Å². The zero-order valence-electron chi connectivity index (χ0n) is 21.3. The van der Waals surface area contributed by atoms with Crippen LogP contribution in [0.1, 0.15) is 41.9 Å². The third-order valence-corrected chi connectivity index (χ3v) is 6.35. The van der Waals surface area contributed by atoms with Crippen LogP contribution in [0.3, 0.4) is 0 Å². The molecule has 0 aliphatic rings. The molecule has 1 unspecified atom stereocenters. The molecule has 2 atom stereocenters. The molecule has 0 saturated heterocycles. The summed E-state index contributed by atoms with van der Waals surface area (Å²) in [7, 11) is 0. The number of Topliss-reactive ketones (excluding diaryl/α,β-unsaturated/α-hetero) is 1. The number of nitrogens with one attached hydrogen (secondary N) is 1. The van der Waals surface area contributed by atoms with Gasteiger partial charge in [0.2, 0.25) is 11.8 Å². The Morgan fingerprint density at radius 1 is 0.763 bits per heavy atom. The summed E-state index contributed by atoms with van der Waals surface area (Å²) in [6.45, 7) is 0.312. The average Bonchev–Trinajstić information content (AvgIpc) is 2.91. The number of benzene rings is 3. The summed E-state index contributed by atoms with van der Waals surface area (Å²) in [5.74, 6) is -2.47. The highest BCUT2D eigenvalue weighted by Gasteiger charge is 2.30. The second-order valence-electron chi connectivity index (χ2n) is 9.22. The Kier molecular flexibility index (Phi) is 10.6. The van der Waals surface area contributed by atoms with Crippen LogP contribution in [-0.4, -0.2) is 36.1 Å². The van der Waals surface area contributed by atoms with E-state index in [0.717, 1.165) is 16.7 Å². The van der Waals surface area contributed by atoms with Crippen molar-refractivity contribution in [2.75, 3.05) is 6.54 Å². The molecule has 0 aliphatic heterocycles. The molecule has 7 N–H and O–H groups in total. The second-order valence-corrected chi connectivity index (χ2v) is 9.22. The quantitative estimate of drug-likeness (QED) is 0.148. The van der Waals surface area contributed by atoms with Gasteiger partial charge in [-0.3, -0.25) is 19.4 Å². The SMILES string of the molecule is NC(=O)C(CC(=O)[C@@H](CCCN=C(N)N)NC(=O)C(c1ccccc1)c1ccccc1)Cc1ccccc1. The van der Waals surface area contributed by atoms with E-state index < -0.39 is 23.8 Å². The number of primary amides is 1. The number of aliphatic imine (C=N–C) groups is 1. The summed E-state index contributed by atoms with van der Waals surface area (Å²) >= 11 is 0. The van der Waals surface area contributed by atoms with Crippen LogP contribution >= 0.6 is 0 Å². The summed E-state index contributed by atoms with van der Waals surface area (Å²) < 4.78 is 0. The van der Waals surface area contributed by atoms with E-state index in [2.05, 4.69) is 10.3 Å². The first-order valence-electron chi connectivity index (χ1n) is 12.7. The minimum absolute atomic E-state index is 0.0400. The van der Waals surface area contributed by atoms with Gasteiger partial charge in [0, 0.05) is 18.9 Å². The van der Waals surface area contributed by atoms with Crippen molar-refractivity contribution in [3.05, 3.63) is 108 Å². The van der Waals surface area contributed by atoms with Gasteiger partial charge in [0.15, 0.2) is 11.7 Å². The smallest absolute Gasteiger partial charge is 0.232 e. The molecule has 0 radical (unpaired) electrons. The number of nitrogens with zero attached hydrogens (tertiary/aromatic N) is 1. The topological polar surface area (TPSA) is 154 Å². The molecule has 3 rings (SSSR count). The third kappa shape index (κ3) is 8.58. The molecule has 3 aromatic rings. The molecule has 2 amide bonds. The Morgan fingerprint density at radius 2 is 1.29 bits per heavy atom. The number of amides is 2. The molecule has 3 aromatic carbocycles. The summed E-state index contributed by atoms with van der Waals surface area (Å²) in [6, 6.07) is 27.4. The highest BCUT2D eigenvalue weighted by Crippen LogP contribution is 2.25. The lowest BCUT2D eigenvalue weighted by Crippen LogP contribution is -2.44. The highest BCUT2D eigenvalue weighted by molar-refractivity contribution is 5.95. The standard InChI is InChI=1S/C30H35N5O3/c31-28(37)24(19-21-11-4-1-5-12-21)20-26(36)25(17-10-18-34-30(32)33)35-29(38)27(22-13-6-2-7-14-22)23-15-8-3-9-16-23/h1-9,11-16,24-25,27H,10,17-20H2,(H2,31,37)(H,35,38)(H4,32,33,34)/t24?,25-/m1/s1. The van der Waals surface area contributed by atoms with Gasteiger partial charge in [-0.05, 0) is 36.0 Å².